The van der Waals surface area contributed by atoms with Crippen molar-refractivity contribution in [3.63, 3.8) is 0 Å². The lowest BCUT2D eigenvalue weighted by molar-refractivity contribution is -0.161. The average molecular weight is 750 g/mol. The van der Waals surface area contributed by atoms with Crippen LogP contribution in [0.3, 0.4) is 0 Å². The maximum Gasteiger partial charge on any atom is 0.472 e. The number of aliphatic hydroxyl groups is 1. The van der Waals surface area contributed by atoms with Gasteiger partial charge in [0.2, 0.25) is 0 Å². The summed E-state index contributed by atoms with van der Waals surface area (Å²) in [5.41, 5.74) is 5.32. The van der Waals surface area contributed by atoms with Crippen LogP contribution in [0, 0.1) is 0 Å². The highest BCUT2D eigenvalue weighted by Crippen LogP contribution is 2.43. The molecule has 3 atom stereocenters. The molecule has 0 amide bonds. The quantitative estimate of drug-likeness (QED) is 0.0191. The summed E-state index contributed by atoms with van der Waals surface area (Å²) in [6.45, 7) is 3.28. The van der Waals surface area contributed by atoms with Gasteiger partial charge in [0.1, 0.15) is 6.61 Å². The Bertz CT molecular complexity index is 1140. The molecule has 4 N–H and O–H groups in total. The minimum atomic E-state index is -4.41. The number of nitrogens with two attached hydrogens (primary N) is 1. The fourth-order valence-electron chi connectivity index (χ4n) is 4.57. The van der Waals surface area contributed by atoms with E-state index in [0.29, 0.717) is 19.3 Å². The Hall–Kier alpha value is -2.85. The van der Waals surface area contributed by atoms with E-state index in [4.69, 9.17) is 24.3 Å². The van der Waals surface area contributed by atoms with E-state index in [1.54, 1.807) is 6.08 Å². The summed E-state index contributed by atoms with van der Waals surface area (Å²) in [5, 5.41) is 10.1. The average Bonchev–Trinajstić information content (AvgIpc) is 3.12. The number of phosphoric acid groups is 1. The van der Waals surface area contributed by atoms with Crippen LogP contribution in [0.15, 0.2) is 85.1 Å². The van der Waals surface area contributed by atoms with Gasteiger partial charge in [0.15, 0.2) is 6.10 Å². The number of allylic oxidation sites excluding steroid dienone is 13. The monoisotopic (exact) mass is 749 g/mol. The number of rotatable bonds is 34. The van der Waals surface area contributed by atoms with Crippen molar-refractivity contribution >= 4 is 19.8 Å². The van der Waals surface area contributed by atoms with Gasteiger partial charge in [-0.3, -0.25) is 18.6 Å². The molecule has 0 bridgehead atoms. The van der Waals surface area contributed by atoms with Gasteiger partial charge >= 0.3 is 19.8 Å². The van der Waals surface area contributed by atoms with Crippen molar-refractivity contribution in [2.24, 2.45) is 5.73 Å². The van der Waals surface area contributed by atoms with E-state index in [2.05, 4.69) is 74.6 Å². The number of esters is 2. The Balaban J connectivity index is 4.41. The fourth-order valence-corrected chi connectivity index (χ4v) is 5.34. The molecule has 0 saturated heterocycles. The predicted octanol–water partition coefficient (Wildman–Crippen LogP) is 9.46. The minimum absolute atomic E-state index is 0.0267. The lowest BCUT2D eigenvalue weighted by atomic mass is 10.1. The van der Waals surface area contributed by atoms with Crippen LogP contribution in [0.1, 0.15) is 123 Å². The highest BCUT2D eigenvalue weighted by molar-refractivity contribution is 7.47. The van der Waals surface area contributed by atoms with Gasteiger partial charge in [-0.2, -0.15) is 0 Å². The van der Waals surface area contributed by atoms with Crippen molar-refractivity contribution in [2.45, 2.75) is 135 Å². The second-order valence-electron chi connectivity index (χ2n) is 12.2. The van der Waals surface area contributed by atoms with E-state index < -0.39 is 38.6 Å². The Morgan fingerprint density at radius 1 is 0.673 bits per heavy atom. The molecule has 52 heavy (non-hydrogen) atoms. The van der Waals surface area contributed by atoms with Crippen molar-refractivity contribution < 1.29 is 42.7 Å². The molecule has 11 heteroatoms. The van der Waals surface area contributed by atoms with Crippen molar-refractivity contribution in [1.82, 2.24) is 0 Å². The number of carbonyl (C=O) groups is 2. The first-order valence-corrected chi connectivity index (χ1v) is 20.7. The molecule has 0 aliphatic heterocycles. The number of hydrogen-bond acceptors (Lipinski definition) is 9. The smallest absolute Gasteiger partial charge is 0.462 e. The molecule has 0 aromatic heterocycles. The summed E-state index contributed by atoms with van der Waals surface area (Å²) in [4.78, 5) is 34.7. The number of phosphoric ester groups is 1. The standard InChI is InChI=1S/C41H68NO9P/c1-3-5-7-9-11-12-13-14-15-16-17-18-20-24-28-32-40(44)48-36-39(37-50-52(46,47)49-35-34-42)51-41(45)33-29-25-21-23-27-31-38(43)30-26-22-19-10-8-6-4-2/h5-8,11-12,14-15,17-19,22,26,30,38-39,43H,3-4,9-10,13,16,20-21,23-25,27-29,31-37,42H2,1-2H3,(H,46,47)/b7-5-,8-6+,12-11-,15-14-,18-17-,22-19+,30-26+/t38?,39-/m1/s1. The number of hydrogen-bond donors (Lipinski definition) is 3. The van der Waals surface area contributed by atoms with Crippen LogP contribution >= 0.6 is 7.82 Å². The van der Waals surface area contributed by atoms with Gasteiger partial charge in [-0.05, 0) is 70.6 Å². The number of ether oxygens (including phenoxy) is 2. The van der Waals surface area contributed by atoms with E-state index in [9.17, 15) is 24.2 Å². The van der Waals surface area contributed by atoms with Crippen molar-refractivity contribution in [3.05, 3.63) is 85.1 Å². The molecule has 296 valence electrons. The Labute approximate surface area is 314 Å². The first-order valence-electron chi connectivity index (χ1n) is 19.2. The lowest BCUT2D eigenvalue weighted by Gasteiger charge is -2.19. The molecule has 0 rings (SSSR count). The molecule has 0 fully saturated rings. The third-order valence-corrected chi connectivity index (χ3v) is 8.36. The summed E-state index contributed by atoms with van der Waals surface area (Å²) in [5.74, 6) is -0.966. The van der Waals surface area contributed by atoms with Crippen LogP contribution in [0.5, 0.6) is 0 Å². The van der Waals surface area contributed by atoms with Crippen LogP contribution in [-0.4, -0.2) is 60.5 Å². The topological polar surface area (TPSA) is 155 Å². The van der Waals surface area contributed by atoms with Crippen LogP contribution in [0.25, 0.3) is 0 Å². The Kier molecular flexibility index (Phi) is 34.5. The molecule has 0 aliphatic carbocycles. The molecule has 0 heterocycles. The molecular formula is C41H68NO9P. The van der Waals surface area contributed by atoms with Crippen molar-refractivity contribution in [2.75, 3.05) is 26.4 Å². The van der Waals surface area contributed by atoms with E-state index in [1.807, 2.05) is 18.2 Å². The fraction of sp³-hybridized carbons (Fsp3) is 0.610. The van der Waals surface area contributed by atoms with E-state index in [1.165, 1.54) is 0 Å². The number of unbranched alkanes of at least 4 members (excludes halogenated alkanes) is 6. The highest BCUT2D eigenvalue weighted by atomic mass is 31.2. The largest absolute Gasteiger partial charge is 0.472 e. The van der Waals surface area contributed by atoms with E-state index in [0.717, 1.165) is 77.0 Å². The predicted molar refractivity (Wildman–Crippen MR) is 211 cm³/mol. The normalized spacial score (nSPS) is 14.9. The molecular weight excluding hydrogens is 681 g/mol. The lowest BCUT2D eigenvalue weighted by Crippen LogP contribution is -2.29. The van der Waals surface area contributed by atoms with Gasteiger partial charge in [0.05, 0.1) is 19.3 Å². The molecule has 2 unspecified atom stereocenters. The molecule has 0 aliphatic rings. The molecule has 0 spiro atoms. The zero-order chi connectivity index (χ0) is 38.4. The molecule has 0 aromatic carbocycles. The summed E-state index contributed by atoms with van der Waals surface area (Å²) in [6.07, 6.45) is 40.7. The van der Waals surface area contributed by atoms with Gasteiger partial charge in [-0.15, -0.1) is 0 Å². The summed E-state index contributed by atoms with van der Waals surface area (Å²) in [7, 11) is -4.41. The van der Waals surface area contributed by atoms with Crippen LogP contribution in [-0.2, 0) is 32.7 Å². The molecule has 0 saturated carbocycles. The van der Waals surface area contributed by atoms with Gasteiger partial charge < -0.3 is 25.2 Å². The summed E-state index contributed by atoms with van der Waals surface area (Å²) in [6, 6.07) is 0. The van der Waals surface area contributed by atoms with Crippen LogP contribution in [0.4, 0.5) is 0 Å². The number of carbonyl (C=O) groups excluding carboxylic acids is 2. The minimum Gasteiger partial charge on any atom is -0.462 e. The Morgan fingerprint density at radius 2 is 1.23 bits per heavy atom. The Morgan fingerprint density at radius 3 is 1.88 bits per heavy atom. The maximum atomic E-state index is 12.5. The third kappa shape index (κ3) is 35.5. The molecule has 0 aromatic rings. The van der Waals surface area contributed by atoms with Gasteiger partial charge in [0, 0.05) is 19.4 Å². The van der Waals surface area contributed by atoms with E-state index >= 15 is 0 Å². The van der Waals surface area contributed by atoms with Crippen LogP contribution in [0.2, 0.25) is 0 Å². The van der Waals surface area contributed by atoms with Crippen molar-refractivity contribution in [3.8, 4) is 0 Å². The maximum absolute atomic E-state index is 12.5. The first kappa shape index (κ1) is 49.1. The first-order chi connectivity index (χ1) is 25.2. The zero-order valence-corrected chi connectivity index (χ0v) is 32.8. The van der Waals surface area contributed by atoms with Crippen molar-refractivity contribution in [1.29, 1.82) is 0 Å². The molecule has 0 radical (unpaired) electrons. The summed E-state index contributed by atoms with van der Waals surface area (Å²) >= 11 is 0. The van der Waals surface area contributed by atoms with Gasteiger partial charge in [-0.1, -0.05) is 125 Å². The highest BCUT2D eigenvalue weighted by Gasteiger charge is 2.25. The zero-order valence-electron chi connectivity index (χ0n) is 31.9. The van der Waals surface area contributed by atoms with E-state index in [-0.39, 0.29) is 32.6 Å². The van der Waals surface area contributed by atoms with Crippen LogP contribution < -0.4 is 5.73 Å². The van der Waals surface area contributed by atoms with Gasteiger partial charge in [-0.25, -0.2) is 4.57 Å². The second-order valence-corrected chi connectivity index (χ2v) is 13.7. The summed E-state index contributed by atoms with van der Waals surface area (Å²) < 4.78 is 32.6. The molecule has 10 nitrogen and oxygen atoms in total. The second kappa shape index (κ2) is 36.5. The van der Waals surface area contributed by atoms with Gasteiger partial charge in [0.25, 0.3) is 0 Å². The number of aliphatic hydroxyl groups excluding tert-OH is 1. The third-order valence-electron chi connectivity index (χ3n) is 7.38. The SMILES string of the molecule is CC/C=C\C/C=C\C/C=C\C/C=C\CCCCC(=O)OC[C@H](COP(=O)(O)OCCN)OC(=O)CCCCCCCC(O)/C=C/C=C/C/C=C/CC.